The molecule has 28 heavy (non-hydrogen) atoms. The fraction of sp³-hybridized carbons (Fsp3) is 0.286. The van der Waals surface area contributed by atoms with E-state index in [9.17, 15) is 9.59 Å². The molecule has 0 bridgehead atoms. The topological polar surface area (TPSA) is 71.5 Å². The minimum Gasteiger partial charge on any atom is -0.497 e. The van der Waals surface area contributed by atoms with Gasteiger partial charge >= 0.3 is 0 Å². The number of nitrogens with zero attached hydrogens (tertiary/aromatic N) is 2. The predicted molar refractivity (Wildman–Crippen MR) is 109 cm³/mol. The molecular weight excluding hydrogens is 378 g/mol. The molecule has 3 rings (SSSR count). The van der Waals surface area contributed by atoms with E-state index in [-0.39, 0.29) is 17.7 Å². The van der Waals surface area contributed by atoms with Crippen LogP contribution in [0.3, 0.4) is 0 Å². The van der Waals surface area contributed by atoms with Crippen LogP contribution in [0.5, 0.6) is 5.75 Å². The van der Waals surface area contributed by atoms with Crippen molar-refractivity contribution in [3.8, 4) is 5.75 Å². The first kappa shape index (κ1) is 19.9. The first-order chi connectivity index (χ1) is 13.5. The Kier molecular flexibility index (Phi) is 6.66. The van der Waals surface area contributed by atoms with Crippen molar-refractivity contribution in [1.82, 2.24) is 9.88 Å². The average molecular weight is 400 g/mol. The van der Waals surface area contributed by atoms with Gasteiger partial charge < -0.3 is 15.0 Å². The Labute approximate surface area is 169 Å². The molecule has 2 amide bonds. The lowest BCUT2D eigenvalue weighted by molar-refractivity contribution is -0.130. The maximum atomic E-state index is 12.4. The van der Waals surface area contributed by atoms with Gasteiger partial charge in [-0.3, -0.25) is 9.59 Å². The van der Waals surface area contributed by atoms with Crippen LogP contribution >= 0.6 is 11.6 Å². The number of carbonyl (C=O) groups excluding carboxylic acids is 2. The quantitative estimate of drug-likeness (QED) is 0.779. The van der Waals surface area contributed by atoms with Gasteiger partial charge in [-0.2, -0.15) is 0 Å². The van der Waals surface area contributed by atoms with Crippen LogP contribution in [-0.4, -0.2) is 41.9 Å². The molecule has 0 radical (unpaired) electrons. The van der Waals surface area contributed by atoms with Crippen LogP contribution < -0.4 is 10.1 Å². The number of benzene rings is 1. The van der Waals surface area contributed by atoms with Crippen molar-refractivity contribution in [2.45, 2.75) is 12.8 Å². The summed E-state index contributed by atoms with van der Waals surface area (Å²) in [5, 5.41) is 3.32. The number of rotatable bonds is 5. The minimum absolute atomic E-state index is 0.0546. The number of pyridine rings is 1. The van der Waals surface area contributed by atoms with Crippen molar-refractivity contribution >= 4 is 35.3 Å². The Balaban J connectivity index is 1.50. The summed E-state index contributed by atoms with van der Waals surface area (Å²) in [5.41, 5.74) is 0.900. The van der Waals surface area contributed by atoms with Gasteiger partial charge in [0.25, 0.3) is 0 Å². The minimum atomic E-state index is -0.135. The SMILES string of the molecule is COc1cccc(/C=C/C(=O)N2CCC(C(=O)Nc3ccc(Cl)cn3)CC2)c1. The van der Waals surface area contributed by atoms with Crippen molar-refractivity contribution in [2.75, 3.05) is 25.5 Å². The molecule has 2 heterocycles. The standard InChI is InChI=1S/C21H22ClN3O3/c1-28-18-4-2-3-15(13-18)5-8-20(26)25-11-9-16(10-12-25)21(27)24-19-7-6-17(22)14-23-19/h2-8,13-14,16H,9-12H2,1H3,(H,23,24,27)/b8-5+. The number of hydrogen-bond acceptors (Lipinski definition) is 4. The fourth-order valence-electron chi connectivity index (χ4n) is 3.06. The third-order valence-electron chi connectivity index (χ3n) is 4.67. The average Bonchev–Trinajstić information content (AvgIpc) is 2.74. The lowest BCUT2D eigenvalue weighted by atomic mass is 9.96. The number of halogens is 1. The highest BCUT2D eigenvalue weighted by atomic mass is 35.5. The van der Waals surface area contributed by atoms with Gasteiger partial charge in [-0.05, 0) is 48.7 Å². The number of carbonyl (C=O) groups is 2. The predicted octanol–water partition coefficient (Wildman–Crippen LogP) is 3.63. The zero-order valence-electron chi connectivity index (χ0n) is 15.6. The second-order valence-corrected chi connectivity index (χ2v) is 7.00. The number of aromatic nitrogens is 1. The number of nitrogens with one attached hydrogen (secondary N) is 1. The molecular formula is C21H22ClN3O3. The van der Waals surface area contributed by atoms with Crippen LogP contribution in [0.25, 0.3) is 6.08 Å². The number of likely N-dealkylation sites (tertiary alicyclic amines) is 1. The lowest BCUT2D eigenvalue weighted by Crippen LogP contribution is -2.40. The third-order valence-corrected chi connectivity index (χ3v) is 4.89. The van der Waals surface area contributed by atoms with Gasteiger partial charge in [-0.1, -0.05) is 23.7 Å². The molecule has 7 heteroatoms. The summed E-state index contributed by atoms with van der Waals surface area (Å²) in [6, 6.07) is 10.9. The molecule has 2 aromatic rings. The van der Waals surface area contributed by atoms with Crippen LogP contribution in [0, 0.1) is 5.92 Å². The number of hydrogen-bond donors (Lipinski definition) is 1. The van der Waals surface area contributed by atoms with Crippen molar-refractivity contribution in [2.24, 2.45) is 5.92 Å². The van der Waals surface area contributed by atoms with E-state index < -0.39 is 0 Å². The first-order valence-electron chi connectivity index (χ1n) is 9.08. The molecule has 0 atom stereocenters. The van der Waals surface area contributed by atoms with Gasteiger partial charge in [0.15, 0.2) is 0 Å². The van der Waals surface area contributed by atoms with E-state index in [1.54, 1.807) is 36.3 Å². The second kappa shape index (κ2) is 9.37. The zero-order chi connectivity index (χ0) is 19.9. The molecule has 1 N–H and O–H groups in total. The van der Waals surface area contributed by atoms with Crippen molar-refractivity contribution in [3.05, 3.63) is 59.3 Å². The number of ether oxygens (including phenoxy) is 1. The first-order valence-corrected chi connectivity index (χ1v) is 9.46. The number of piperidine rings is 1. The fourth-order valence-corrected chi connectivity index (χ4v) is 3.17. The van der Waals surface area contributed by atoms with E-state index in [4.69, 9.17) is 16.3 Å². The monoisotopic (exact) mass is 399 g/mol. The number of amides is 2. The van der Waals surface area contributed by atoms with E-state index in [1.807, 2.05) is 24.3 Å². The molecule has 1 aliphatic rings. The summed E-state index contributed by atoms with van der Waals surface area (Å²) in [7, 11) is 1.61. The summed E-state index contributed by atoms with van der Waals surface area (Å²) in [4.78, 5) is 30.6. The lowest BCUT2D eigenvalue weighted by Gasteiger charge is -2.30. The van der Waals surface area contributed by atoms with Gasteiger partial charge in [0, 0.05) is 31.3 Å². The molecule has 1 aliphatic heterocycles. The highest BCUT2D eigenvalue weighted by Crippen LogP contribution is 2.20. The number of anilines is 1. The summed E-state index contributed by atoms with van der Waals surface area (Å²) in [6.45, 7) is 1.10. The smallest absolute Gasteiger partial charge is 0.246 e. The zero-order valence-corrected chi connectivity index (χ0v) is 16.4. The van der Waals surface area contributed by atoms with E-state index in [0.717, 1.165) is 11.3 Å². The molecule has 146 valence electrons. The largest absolute Gasteiger partial charge is 0.497 e. The van der Waals surface area contributed by atoms with Gasteiger partial charge in [-0.15, -0.1) is 0 Å². The summed E-state index contributed by atoms with van der Waals surface area (Å²) in [5.74, 6) is 0.963. The Hall–Kier alpha value is -2.86. The maximum absolute atomic E-state index is 12.4. The van der Waals surface area contributed by atoms with Crippen LogP contribution in [-0.2, 0) is 9.59 Å². The number of methoxy groups -OCH3 is 1. The molecule has 6 nitrogen and oxygen atoms in total. The molecule has 0 saturated carbocycles. The molecule has 0 spiro atoms. The van der Waals surface area contributed by atoms with Crippen LogP contribution in [0.15, 0.2) is 48.7 Å². The van der Waals surface area contributed by atoms with Gasteiger partial charge in [0.1, 0.15) is 11.6 Å². The van der Waals surface area contributed by atoms with E-state index in [0.29, 0.717) is 36.8 Å². The maximum Gasteiger partial charge on any atom is 0.246 e. The van der Waals surface area contributed by atoms with Gasteiger partial charge in [0.2, 0.25) is 11.8 Å². The van der Waals surface area contributed by atoms with Crippen molar-refractivity contribution < 1.29 is 14.3 Å². The van der Waals surface area contributed by atoms with Crippen molar-refractivity contribution in [1.29, 1.82) is 0 Å². The Morgan fingerprint density at radius 1 is 1.25 bits per heavy atom. The normalized spacial score (nSPS) is 14.9. The molecule has 1 aromatic carbocycles. The summed E-state index contributed by atoms with van der Waals surface area (Å²) < 4.78 is 5.18. The van der Waals surface area contributed by atoms with Crippen molar-refractivity contribution in [3.63, 3.8) is 0 Å². The second-order valence-electron chi connectivity index (χ2n) is 6.56. The summed E-state index contributed by atoms with van der Waals surface area (Å²) in [6.07, 6.45) is 6.08. The Bertz CT molecular complexity index is 859. The molecule has 0 aliphatic carbocycles. The van der Waals surface area contributed by atoms with Crippen LogP contribution in [0.1, 0.15) is 18.4 Å². The van der Waals surface area contributed by atoms with E-state index in [1.165, 1.54) is 6.20 Å². The molecule has 1 saturated heterocycles. The third kappa shape index (κ3) is 5.33. The molecule has 1 aromatic heterocycles. The van der Waals surface area contributed by atoms with Crippen LogP contribution in [0.2, 0.25) is 5.02 Å². The van der Waals surface area contributed by atoms with E-state index >= 15 is 0 Å². The van der Waals surface area contributed by atoms with Crippen LogP contribution in [0.4, 0.5) is 5.82 Å². The van der Waals surface area contributed by atoms with E-state index in [2.05, 4.69) is 10.3 Å². The van der Waals surface area contributed by atoms with Gasteiger partial charge in [0.05, 0.1) is 12.1 Å². The Morgan fingerprint density at radius 3 is 2.71 bits per heavy atom. The Morgan fingerprint density at radius 2 is 2.04 bits per heavy atom. The summed E-state index contributed by atoms with van der Waals surface area (Å²) >= 11 is 5.80. The highest BCUT2D eigenvalue weighted by molar-refractivity contribution is 6.30. The molecule has 1 fully saturated rings. The van der Waals surface area contributed by atoms with Gasteiger partial charge in [-0.25, -0.2) is 4.98 Å². The molecule has 0 unspecified atom stereocenters. The highest BCUT2D eigenvalue weighted by Gasteiger charge is 2.26.